The number of fused-ring (bicyclic) bond motifs is 1. The molecular weight excluding hydrogens is 332 g/mol. The first-order valence-corrected chi connectivity index (χ1v) is 9.11. The molecule has 4 aromatic rings. The third-order valence-electron chi connectivity index (χ3n) is 4.02. The fourth-order valence-electron chi connectivity index (χ4n) is 2.63. The molecule has 3 aromatic heterocycles. The van der Waals surface area contributed by atoms with Crippen LogP contribution in [0, 0.1) is 0 Å². The molecule has 7 heteroatoms. The van der Waals surface area contributed by atoms with E-state index in [1.165, 1.54) is 0 Å². The number of para-hydroxylation sites is 1. The highest BCUT2D eigenvalue weighted by atomic mass is 32.1. The molecule has 1 unspecified atom stereocenters. The summed E-state index contributed by atoms with van der Waals surface area (Å²) in [5.41, 5.74) is 1.85. The molecule has 126 valence electrons. The molecule has 0 aliphatic rings. The highest BCUT2D eigenvalue weighted by molar-refractivity contribution is 7.16. The van der Waals surface area contributed by atoms with E-state index < -0.39 is 0 Å². The second-order valence-corrected chi connectivity index (χ2v) is 6.67. The zero-order valence-electron chi connectivity index (χ0n) is 14.0. The third kappa shape index (κ3) is 3.10. The van der Waals surface area contributed by atoms with E-state index in [-0.39, 0.29) is 6.04 Å². The Morgan fingerprint density at radius 2 is 2.00 bits per heavy atom. The Morgan fingerprint density at radius 3 is 2.80 bits per heavy atom. The molecule has 0 amide bonds. The lowest BCUT2D eigenvalue weighted by Crippen LogP contribution is -2.10. The van der Waals surface area contributed by atoms with E-state index in [1.807, 2.05) is 41.9 Å². The van der Waals surface area contributed by atoms with Gasteiger partial charge in [0, 0.05) is 6.42 Å². The van der Waals surface area contributed by atoms with E-state index >= 15 is 0 Å². The van der Waals surface area contributed by atoms with Crippen molar-refractivity contribution in [2.24, 2.45) is 0 Å². The number of aromatic nitrogens is 5. The summed E-state index contributed by atoms with van der Waals surface area (Å²) in [6, 6.07) is 12.0. The second kappa shape index (κ2) is 6.60. The Labute approximate surface area is 149 Å². The predicted molar refractivity (Wildman–Crippen MR) is 100 cm³/mol. The fourth-order valence-corrected chi connectivity index (χ4v) is 3.41. The normalized spacial score (nSPS) is 12.4. The van der Waals surface area contributed by atoms with Crippen molar-refractivity contribution in [2.75, 3.05) is 5.32 Å². The SMILES string of the molecule is CCc1nc(NC(C)c2cn(-c3ccccc3)nn2)c2ccsc2n1. The van der Waals surface area contributed by atoms with Crippen molar-refractivity contribution < 1.29 is 0 Å². The van der Waals surface area contributed by atoms with Crippen LogP contribution in [-0.4, -0.2) is 25.0 Å². The molecule has 0 saturated carbocycles. The molecule has 0 aliphatic heterocycles. The van der Waals surface area contributed by atoms with Crippen LogP contribution in [0.4, 0.5) is 5.82 Å². The molecule has 1 aromatic carbocycles. The van der Waals surface area contributed by atoms with Crippen LogP contribution >= 0.6 is 11.3 Å². The molecule has 25 heavy (non-hydrogen) atoms. The molecule has 3 heterocycles. The number of thiophene rings is 1. The number of hydrogen-bond acceptors (Lipinski definition) is 6. The number of aryl methyl sites for hydroxylation is 1. The minimum Gasteiger partial charge on any atom is -0.361 e. The van der Waals surface area contributed by atoms with Gasteiger partial charge in [0.1, 0.15) is 22.2 Å². The van der Waals surface area contributed by atoms with Gasteiger partial charge in [0.05, 0.1) is 23.3 Å². The lowest BCUT2D eigenvalue weighted by molar-refractivity contribution is 0.779. The van der Waals surface area contributed by atoms with Gasteiger partial charge >= 0.3 is 0 Å². The number of anilines is 1. The quantitative estimate of drug-likeness (QED) is 0.589. The maximum absolute atomic E-state index is 4.65. The molecule has 6 nitrogen and oxygen atoms in total. The highest BCUT2D eigenvalue weighted by Gasteiger charge is 2.15. The van der Waals surface area contributed by atoms with Crippen molar-refractivity contribution in [3.63, 3.8) is 0 Å². The van der Waals surface area contributed by atoms with Crippen molar-refractivity contribution in [1.82, 2.24) is 25.0 Å². The van der Waals surface area contributed by atoms with Crippen LogP contribution in [0.3, 0.4) is 0 Å². The fraction of sp³-hybridized carbons (Fsp3) is 0.222. The molecule has 1 atom stereocenters. The molecule has 0 radical (unpaired) electrons. The standard InChI is InChI=1S/C18H18N6S/c1-3-16-20-17(14-9-10-25-18(14)21-16)19-12(2)15-11-24(23-22-15)13-7-5-4-6-8-13/h4-12H,3H2,1-2H3,(H,19,20,21). The Morgan fingerprint density at radius 1 is 1.16 bits per heavy atom. The maximum Gasteiger partial charge on any atom is 0.139 e. The maximum atomic E-state index is 4.65. The van der Waals surface area contributed by atoms with E-state index in [9.17, 15) is 0 Å². The van der Waals surface area contributed by atoms with Crippen molar-refractivity contribution in [3.8, 4) is 5.69 Å². The van der Waals surface area contributed by atoms with Crippen molar-refractivity contribution >= 4 is 27.4 Å². The van der Waals surface area contributed by atoms with E-state index in [2.05, 4.69) is 45.5 Å². The van der Waals surface area contributed by atoms with Gasteiger partial charge < -0.3 is 5.32 Å². The molecule has 0 spiro atoms. The Balaban J connectivity index is 1.61. The number of benzene rings is 1. The first-order chi connectivity index (χ1) is 12.2. The van der Waals surface area contributed by atoms with Crippen molar-refractivity contribution in [2.45, 2.75) is 26.3 Å². The summed E-state index contributed by atoms with van der Waals surface area (Å²) in [5, 5.41) is 15.1. The van der Waals surface area contributed by atoms with Crippen LogP contribution in [0.5, 0.6) is 0 Å². The molecule has 0 fully saturated rings. The first kappa shape index (κ1) is 15.7. The van der Waals surface area contributed by atoms with Gasteiger partial charge in [-0.3, -0.25) is 0 Å². The Kier molecular flexibility index (Phi) is 4.15. The number of nitrogens with one attached hydrogen (secondary N) is 1. The van der Waals surface area contributed by atoms with Gasteiger partial charge in [0.2, 0.25) is 0 Å². The van der Waals surface area contributed by atoms with Gasteiger partial charge in [-0.05, 0) is 30.5 Å². The smallest absolute Gasteiger partial charge is 0.139 e. The molecule has 0 aliphatic carbocycles. The minimum atomic E-state index is -0.0137. The van der Waals surface area contributed by atoms with E-state index in [4.69, 9.17) is 0 Å². The summed E-state index contributed by atoms with van der Waals surface area (Å²) in [5.74, 6) is 1.70. The van der Waals surface area contributed by atoms with Gasteiger partial charge in [0.25, 0.3) is 0 Å². The minimum absolute atomic E-state index is 0.0137. The summed E-state index contributed by atoms with van der Waals surface area (Å²) in [6.07, 6.45) is 2.75. The van der Waals surface area contributed by atoms with Crippen LogP contribution < -0.4 is 5.32 Å². The van der Waals surface area contributed by atoms with E-state index in [1.54, 1.807) is 16.0 Å². The van der Waals surface area contributed by atoms with Gasteiger partial charge in [0.15, 0.2) is 0 Å². The van der Waals surface area contributed by atoms with Crippen LogP contribution in [0.2, 0.25) is 0 Å². The second-order valence-electron chi connectivity index (χ2n) is 5.77. The molecule has 4 rings (SSSR count). The van der Waals surface area contributed by atoms with Gasteiger partial charge in [-0.15, -0.1) is 16.4 Å². The van der Waals surface area contributed by atoms with Gasteiger partial charge in [-0.25, -0.2) is 14.6 Å². The van der Waals surface area contributed by atoms with Crippen LogP contribution in [0.25, 0.3) is 15.9 Å². The summed E-state index contributed by atoms with van der Waals surface area (Å²) in [6.45, 7) is 4.12. The average molecular weight is 350 g/mol. The lowest BCUT2D eigenvalue weighted by atomic mass is 10.2. The summed E-state index contributed by atoms with van der Waals surface area (Å²) >= 11 is 1.63. The topological polar surface area (TPSA) is 68.5 Å². The van der Waals surface area contributed by atoms with E-state index in [0.717, 1.165) is 39.7 Å². The summed E-state index contributed by atoms with van der Waals surface area (Å²) < 4.78 is 1.78. The van der Waals surface area contributed by atoms with Gasteiger partial charge in [-0.2, -0.15) is 0 Å². The molecule has 0 saturated heterocycles. The Hall–Kier alpha value is -2.80. The van der Waals surface area contributed by atoms with Crippen LogP contribution in [0.1, 0.15) is 31.4 Å². The first-order valence-electron chi connectivity index (χ1n) is 8.23. The van der Waals surface area contributed by atoms with E-state index in [0.29, 0.717) is 0 Å². The predicted octanol–water partition coefficient (Wildman–Crippen LogP) is 4.01. The Bertz CT molecular complexity index is 991. The third-order valence-corrected chi connectivity index (χ3v) is 4.82. The summed E-state index contributed by atoms with van der Waals surface area (Å²) in [4.78, 5) is 10.2. The van der Waals surface area contributed by atoms with Crippen molar-refractivity contribution in [3.05, 3.63) is 59.5 Å². The highest BCUT2D eigenvalue weighted by Crippen LogP contribution is 2.27. The number of nitrogens with zero attached hydrogens (tertiary/aromatic N) is 5. The molecular formula is C18H18N6S. The van der Waals surface area contributed by atoms with Gasteiger partial charge in [-0.1, -0.05) is 30.3 Å². The molecule has 0 bridgehead atoms. The number of rotatable bonds is 5. The monoisotopic (exact) mass is 350 g/mol. The zero-order valence-corrected chi connectivity index (χ0v) is 14.9. The largest absolute Gasteiger partial charge is 0.361 e. The van der Waals surface area contributed by atoms with Crippen molar-refractivity contribution in [1.29, 1.82) is 0 Å². The lowest BCUT2D eigenvalue weighted by Gasteiger charge is -2.13. The number of hydrogen-bond donors (Lipinski definition) is 1. The van der Waals surface area contributed by atoms with Crippen LogP contribution in [-0.2, 0) is 6.42 Å². The molecule has 1 N–H and O–H groups in total. The summed E-state index contributed by atoms with van der Waals surface area (Å²) in [7, 11) is 0. The van der Waals surface area contributed by atoms with Crippen LogP contribution in [0.15, 0.2) is 48.0 Å². The average Bonchev–Trinajstić information content (AvgIpc) is 3.32. The zero-order chi connectivity index (χ0) is 17.2.